The number of nitrogens with zero attached hydrogens (tertiary/aromatic N) is 2. The summed E-state index contributed by atoms with van der Waals surface area (Å²) in [6.07, 6.45) is 1.70. The predicted octanol–water partition coefficient (Wildman–Crippen LogP) is 2.88. The van der Waals surface area contributed by atoms with Gasteiger partial charge in [-0.1, -0.05) is 12.1 Å². The number of hydrogen-bond acceptors (Lipinski definition) is 4. The maximum Gasteiger partial charge on any atom is 0.218 e. The quantitative estimate of drug-likeness (QED) is 0.910. The van der Waals surface area contributed by atoms with Crippen molar-refractivity contribution in [2.45, 2.75) is 13.5 Å². The molecule has 4 nitrogen and oxygen atoms in total. The topological polar surface area (TPSA) is 57.9 Å². The number of nitriles is 1. The molecule has 0 spiro atoms. The van der Waals surface area contributed by atoms with Gasteiger partial charge in [0, 0.05) is 24.0 Å². The summed E-state index contributed by atoms with van der Waals surface area (Å²) in [4.78, 5) is 4.15. The molecule has 0 saturated heterocycles. The highest BCUT2D eigenvalue weighted by molar-refractivity contribution is 5.55. The number of nitrogens with one attached hydrogen (secondary N) is 1. The molecule has 0 amide bonds. The Morgan fingerprint density at radius 2 is 2.21 bits per heavy atom. The van der Waals surface area contributed by atoms with Gasteiger partial charge in [0.1, 0.15) is 0 Å². The standard InChI is InChI=1S/C15H15N3O/c1-11-5-6-12(9-16)8-14(11)18-10-13-4-3-7-17-15(13)19-2/h3-8,18H,10H2,1-2H3. The smallest absolute Gasteiger partial charge is 0.218 e. The number of pyridine rings is 1. The maximum absolute atomic E-state index is 8.91. The molecule has 1 N–H and O–H groups in total. The fourth-order valence-electron chi connectivity index (χ4n) is 1.81. The van der Waals surface area contributed by atoms with Gasteiger partial charge in [-0.3, -0.25) is 0 Å². The molecular weight excluding hydrogens is 238 g/mol. The van der Waals surface area contributed by atoms with E-state index >= 15 is 0 Å². The molecular formula is C15H15N3O. The van der Waals surface area contributed by atoms with Gasteiger partial charge >= 0.3 is 0 Å². The lowest BCUT2D eigenvalue weighted by Crippen LogP contribution is -2.04. The van der Waals surface area contributed by atoms with Gasteiger partial charge in [0.2, 0.25) is 5.88 Å². The zero-order valence-corrected chi connectivity index (χ0v) is 11.0. The van der Waals surface area contributed by atoms with Crippen molar-refractivity contribution in [2.75, 3.05) is 12.4 Å². The number of ether oxygens (including phenoxy) is 1. The summed E-state index contributed by atoms with van der Waals surface area (Å²) in [5.41, 5.74) is 3.67. The first kappa shape index (κ1) is 12.9. The van der Waals surface area contributed by atoms with Crippen LogP contribution in [0.4, 0.5) is 5.69 Å². The molecule has 1 aromatic heterocycles. The third-order valence-corrected chi connectivity index (χ3v) is 2.88. The van der Waals surface area contributed by atoms with Crippen LogP contribution in [0.1, 0.15) is 16.7 Å². The van der Waals surface area contributed by atoms with Gasteiger partial charge < -0.3 is 10.1 Å². The number of rotatable bonds is 4. The molecule has 1 aromatic carbocycles. The highest BCUT2D eigenvalue weighted by Gasteiger charge is 2.04. The van der Waals surface area contributed by atoms with Gasteiger partial charge in [-0.2, -0.15) is 5.26 Å². The fraction of sp³-hybridized carbons (Fsp3) is 0.200. The average Bonchev–Trinajstić information content (AvgIpc) is 2.46. The number of hydrogen-bond donors (Lipinski definition) is 1. The van der Waals surface area contributed by atoms with Crippen molar-refractivity contribution in [1.82, 2.24) is 4.98 Å². The lowest BCUT2D eigenvalue weighted by atomic mass is 10.1. The molecule has 19 heavy (non-hydrogen) atoms. The Hall–Kier alpha value is -2.54. The van der Waals surface area contributed by atoms with E-state index in [4.69, 9.17) is 10.00 Å². The van der Waals surface area contributed by atoms with Gasteiger partial charge in [0.15, 0.2) is 0 Å². The van der Waals surface area contributed by atoms with Crippen LogP contribution in [0, 0.1) is 18.3 Å². The van der Waals surface area contributed by atoms with Gasteiger partial charge in [0.25, 0.3) is 0 Å². The first-order valence-corrected chi connectivity index (χ1v) is 5.97. The zero-order valence-electron chi connectivity index (χ0n) is 11.0. The minimum atomic E-state index is 0.604. The number of aromatic nitrogens is 1. The van der Waals surface area contributed by atoms with Crippen molar-refractivity contribution in [3.8, 4) is 11.9 Å². The molecule has 0 saturated carbocycles. The van der Waals surface area contributed by atoms with E-state index in [9.17, 15) is 0 Å². The van der Waals surface area contributed by atoms with Crippen LogP contribution in [0.15, 0.2) is 36.5 Å². The molecule has 2 rings (SSSR count). The van der Waals surface area contributed by atoms with Crippen molar-refractivity contribution in [3.05, 3.63) is 53.2 Å². The fourth-order valence-corrected chi connectivity index (χ4v) is 1.81. The Bertz CT molecular complexity index is 617. The van der Waals surface area contributed by atoms with E-state index in [0.717, 1.165) is 16.8 Å². The second-order valence-corrected chi connectivity index (χ2v) is 4.17. The van der Waals surface area contributed by atoms with Crippen LogP contribution in [0.3, 0.4) is 0 Å². The van der Waals surface area contributed by atoms with E-state index in [2.05, 4.69) is 16.4 Å². The normalized spacial score (nSPS) is 9.74. The van der Waals surface area contributed by atoms with Crippen molar-refractivity contribution >= 4 is 5.69 Å². The van der Waals surface area contributed by atoms with Crippen LogP contribution in [0.5, 0.6) is 5.88 Å². The van der Waals surface area contributed by atoms with Gasteiger partial charge in [-0.05, 0) is 30.7 Å². The van der Waals surface area contributed by atoms with Gasteiger partial charge in [-0.15, -0.1) is 0 Å². The number of aryl methyl sites for hydroxylation is 1. The van der Waals surface area contributed by atoms with Crippen LogP contribution in [0.25, 0.3) is 0 Å². The predicted molar refractivity (Wildman–Crippen MR) is 74.0 cm³/mol. The van der Waals surface area contributed by atoms with Crippen LogP contribution in [-0.4, -0.2) is 12.1 Å². The Morgan fingerprint density at radius 1 is 1.37 bits per heavy atom. The van der Waals surface area contributed by atoms with Crippen molar-refractivity contribution < 1.29 is 4.74 Å². The van der Waals surface area contributed by atoms with Crippen molar-refractivity contribution in [2.24, 2.45) is 0 Å². The van der Waals surface area contributed by atoms with E-state index in [1.165, 1.54) is 0 Å². The first-order chi connectivity index (χ1) is 9.24. The molecule has 0 aliphatic rings. The van der Waals surface area contributed by atoms with E-state index in [1.807, 2.05) is 37.3 Å². The Morgan fingerprint density at radius 3 is 2.95 bits per heavy atom. The summed E-state index contributed by atoms with van der Waals surface area (Å²) in [5.74, 6) is 0.615. The van der Waals surface area contributed by atoms with Crippen LogP contribution >= 0.6 is 0 Å². The number of methoxy groups -OCH3 is 1. The van der Waals surface area contributed by atoms with E-state index < -0.39 is 0 Å². The Kier molecular flexibility index (Phi) is 3.99. The molecule has 0 bridgehead atoms. The molecule has 0 aliphatic carbocycles. The molecule has 0 atom stereocenters. The second kappa shape index (κ2) is 5.87. The number of anilines is 1. The Labute approximate surface area is 112 Å². The number of benzene rings is 1. The highest BCUT2D eigenvalue weighted by atomic mass is 16.5. The monoisotopic (exact) mass is 253 g/mol. The van der Waals surface area contributed by atoms with Crippen molar-refractivity contribution in [1.29, 1.82) is 5.26 Å². The summed E-state index contributed by atoms with van der Waals surface area (Å²) in [7, 11) is 1.60. The van der Waals surface area contributed by atoms with E-state index in [1.54, 1.807) is 13.3 Å². The summed E-state index contributed by atoms with van der Waals surface area (Å²) in [5, 5.41) is 12.2. The second-order valence-electron chi connectivity index (χ2n) is 4.17. The summed E-state index contributed by atoms with van der Waals surface area (Å²) >= 11 is 0. The lowest BCUT2D eigenvalue weighted by Gasteiger charge is -2.11. The van der Waals surface area contributed by atoms with E-state index in [0.29, 0.717) is 18.0 Å². The molecule has 4 heteroatoms. The molecule has 0 fully saturated rings. The summed E-state index contributed by atoms with van der Waals surface area (Å²) in [6, 6.07) is 11.6. The van der Waals surface area contributed by atoms with E-state index in [-0.39, 0.29) is 0 Å². The van der Waals surface area contributed by atoms with Crippen LogP contribution in [-0.2, 0) is 6.54 Å². The summed E-state index contributed by atoms with van der Waals surface area (Å²) in [6.45, 7) is 2.61. The molecule has 1 heterocycles. The third kappa shape index (κ3) is 3.02. The minimum absolute atomic E-state index is 0.604. The zero-order chi connectivity index (χ0) is 13.7. The maximum atomic E-state index is 8.91. The highest BCUT2D eigenvalue weighted by Crippen LogP contribution is 2.20. The average molecular weight is 253 g/mol. The van der Waals surface area contributed by atoms with Crippen LogP contribution < -0.4 is 10.1 Å². The van der Waals surface area contributed by atoms with Crippen LogP contribution in [0.2, 0.25) is 0 Å². The lowest BCUT2D eigenvalue weighted by molar-refractivity contribution is 0.393. The summed E-state index contributed by atoms with van der Waals surface area (Å²) < 4.78 is 5.21. The molecule has 0 aliphatic heterocycles. The molecule has 96 valence electrons. The molecule has 0 radical (unpaired) electrons. The molecule has 2 aromatic rings. The minimum Gasteiger partial charge on any atom is -0.481 e. The SMILES string of the molecule is COc1ncccc1CNc1cc(C#N)ccc1C. The van der Waals surface area contributed by atoms with Gasteiger partial charge in [0.05, 0.1) is 18.7 Å². The van der Waals surface area contributed by atoms with Gasteiger partial charge in [-0.25, -0.2) is 4.98 Å². The third-order valence-electron chi connectivity index (χ3n) is 2.88. The Balaban J connectivity index is 2.17. The molecule has 0 unspecified atom stereocenters. The van der Waals surface area contributed by atoms with Crippen molar-refractivity contribution in [3.63, 3.8) is 0 Å². The largest absolute Gasteiger partial charge is 0.481 e. The first-order valence-electron chi connectivity index (χ1n) is 5.97.